The summed E-state index contributed by atoms with van der Waals surface area (Å²) >= 11 is 0. The van der Waals surface area contributed by atoms with Crippen molar-refractivity contribution in [3.63, 3.8) is 0 Å². The SMILES string of the molecule is C=CCCCCCC(=O)CCCCCCCC. The van der Waals surface area contributed by atoms with Crippen LogP contribution < -0.4 is 0 Å². The molecule has 0 atom stereocenters. The number of carbonyl (C=O) groups is 1. The minimum absolute atomic E-state index is 0.471. The van der Waals surface area contributed by atoms with E-state index in [1.54, 1.807) is 0 Å². The summed E-state index contributed by atoms with van der Waals surface area (Å²) in [6, 6.07) is 0. The zero-order valence-corrected chi connectivity index (χ0v) is 11.7. The van der Waals surface area contributed by atoms with Crippen LogP contribution in [0.3, 0.4) is 0 Å². The second-order valence-electron chi connectivity index (χ2n) is 4.94. The number of Topliss-reactive ketones (excluding diaryl/α,β-unsaturated/α-hetero) is 1. The molecule has 0 N–H and O–H groups in total. The van der Waals surface area contributed by atoms with Crippen molar-refractivity contribution in [3.05, 3.63) is 12.7 Å². The zero-order chi connectivity index (χ0) is 12.8. The Morgan fingerprint density at radius 1 is 0.882 bits per heavy atom. The number of allylic oxidation sites excluding steroid dienone is 1. The van der Waals surface area contributed by atoms with Gasteiger partial charge in [0.05, 0.1) is 0 Å². The minimum Gasteiger partial charge on any atom is -0.300 e. The van der Waals surface area contributed by atoms with Crippen LogP contribution in [0.4, 0.5) is 0 Å². The summed E-state index contributed by atoms with van der Waals surface area (Å²) in [6.07, 6.45) is 15.7. The van der Waals surface area contributed by atoms with Crippen LogP contribution in [0.5, 0.6) is 0 Å². The summed E-state index contributed by atoms with van der Waals surface area (Å²) in [4.78, 5) is 11.5. The van der Waals surface area contributed by atoms with Gasteiger partial charge in [-0.05, 0) is 25.7 Å². The van der Waals surface area contributed by atoms with E-state index in [4.69, 9.17) is 0 Å². The van der Waals surface area contributed by atoms with Gasteiger partial charge < -0.3 is 0 Å². The highest BCUT2D eigenvalue weighted by atomic mass is 16.1. The Kier molecular flexibility index (Phi) is 13.0. The maximum atomic E-state index is 11.5. The molecular weight excluding hydrogens is 208 g/mol. The first kappa shape index (κ1) is 16.4. The fourth-order valence-electron chi connectivity index (χ4n) is 2.02. The number of ketones is 1. The first-order valence-corrected chi connectivity index (χ1v) is 7.43. The fraction of sp³-hybridized carbons (Fsp3) is 0.812. The first-order valence-electron chi connectivity index (χ1n) is 7.43. The van der Waals surface area contributed by atoms with Gasteiger partial charge in [-0.2, -0.15) is 0 Å². The van der Waals surface area contributed by atoms with Crippen molar-refractivity contribution in [1.29, 1.82) is 0 Å². The fourth-order valence-corrected chi connectivity index (χ4v) is 2.02. The average Bonchev–Trinajstić information content (AvgIpc) is 2.33. The highest BCUT2D eigenvalue weighted by Gasteiger charge is 2.01. The molecule has 0 aliphatic heterocycles. The quantitative estimate of drug-likeness (QED) is 0.308. The van der Waals surface area contributed by atoms with E-state index in [1.807, 2.05) is 6.08 Å². The van der Waals surface area contributed by atoms with Crippen LogP contribution in [-0.4, -0.2) is 5.78 Å². The van der Waals surface area contributed by atoms with E-state index in [0.29, 0.717) is 5.78 Å². The van der Waals surface area contributed by atoms with E-state index < -0.39 is 0 Å². The van der Waals surface area contributed by atoms with Gasteiger partial charge in [0.2, 0.25) is 0 Å². The summed E-state index contributed by atoms with van der Waals surface area (Å²) in [5.41, 5.74) is 0. The van der Waals surface area contributed by atoms with Crippen molar-refractivity contribution in [2.45, 2.75) is 84.0 Å². The molecule has 17 heavy (non-hydrogen) atoms. The molecule has 0 spiro atoms. The lowest BCUT2D eigenvalue weighted by molar-refractivity contribution is -0.119. The van der Waals surface area contributed by atoms with Crippen LogP contribution >= 0.6 is 0 Å². The number of carbonyl (C=O) groups excluding carboxylic acids is 1. The van der Waals surface area contributed by atoms with Gasteiger partial charge >= 0.3 is 0 Å². The van der Waals surface area contributed by atoms with Gasteiger partial charge in [0.25, 0.3) is 0 Å². The van der Waals surface area contributed by atoms with E-state index in [9.17, 15) is 4.79 Å². The molecule has 0 fully saturated rings. The maximum Gasteiger partial charge on any atom is 0.132 e. The highest BCUT2D eigenvalue weighted by Crippen LogP contribution is 2.10. The van der Waals surface area contributed by atoms with Gasteiger partial charge in [-0.25, -0.2) is 0 Å². The molecule has 0 unspecified atom stereocenters. The number of hydrogen-bond acceptors (Lipinski definition) is 1. The molecule has 0 bridgehead atoms. The highest BCUT2D eigenvalue weighted by molar-refractivity contribution is 5.78. The maximum absolute atomic E-state index is 11.5. The summed E-state index contributed by atoms with van der Waals surface area (Å²) in [5, 5.41) is 0. The predicted molar refractivity (Wildman–Crippen MR) is 76.3 cm³/mol. The standard InChI is InChI=1S/C16H30O/c1-3-5-7-9-11-13-15-16(17)14-12-10-8-6-4-2/h4H,2-3,5-15H2,1H3. The third-order valence-corrected chi connectivity index (χ3v) is 3.17. The van der Waals surface area contributed by atoms with E-state index in [-0.39, 0.29) is 0 Å². The normalized spacial score (nSPS) is 10.4. The topological polar surface area (TPSA) is 17.1 Å². The van der Waals surface area contributed by atoms with Gasteiger partial charge in [0.15, 0.2) is 0 Å². The number of hydrogen-bond donors (Lipinski definition) is 0. The molecule has 0 aromatic heterocycles. The molecule has 0 heterocycles. The molecule has 1 heteroatoms. The van der Waals surface area contributed by atoms with E-state index in [0.717, 1.165) is 32.1 Å². The molecule has 0 radical (unpaired) electrons. The van der Waals surface area contributed by atoms with E-state index >= 15 is 0 Å². The molecule has 1 nitrogen and oxygen atoms in total. The molecule has 0 aliphatic carbocycles. The molecule has 0 aromatic rings. The summed E-state index contributed by atoms with van der Waals surface area (Å²) < 4.78 is 0. The third-order valence-electron chi connectivity index (χ3n) is 3.17. The molecule has 0 aromatic carbocycles. The summed E-state index contributed by atoms with van der Waals surface area (Å²) in [5.74, 6) is 0.471. The Balaban J connectivity index is 3.14. The van der Waals surface area contributed by atoms with Crippen molar-refractivity contribution in [2.75, 3.05) is 0 Å². The second-order valence-corrected chi connectivity index (χ2v) is 4.94. The van der Waals surface area contributed by atoms with E-state index in [1.165, 1.54) is 44.9 Å². The number of rotatable bonds is 13. The third kappa shape index (κ3) is 13.3. The Morgan fingerprint density at radius 2 is 1.41 bits per heavy atom. The van der Waals surface area contributed by atoms with Crippen LogP contribution in [0, 0.1) is 0 Å². The van der Waals surface area contributed by atoms with Crippen LogP contribution in [-0.2, 0) is 4.79 Å². The van der Waals surface area contributed by atoms with Gasteiger partial charge in [0, 0.05) is 12.8 Å². The van der Waals surface area contributed by atoms with Crippen LogP contribution in [0.2, 0.25) is 0 Å². The smallest absolute Gasteiger partial charge is 0.132 e. The lowest BCUT2D eigenvalue weighted by Crippen LogP contribution is -1.97. The molecule has 100 valence electrons. The Morgan fingerprint density at radius 3 is 2.00 bits per heavy atom. The molecule has 0 rings (SSSR count). The minimum atomic E-state index is 0.471. The van der Waals surface area contributed by atoms with Crippen molar-refractivity contribution >= 4 is 5.78 Å². The molecule has 0 saturated heterocycles. The monoisotopic (exact) mass is 238 g/mol. The van der Waals surface area contributed by atoms with Crippen LogP contribution in [0.15, 0.2) is 12.7 Å². The first-order chi connectivity index (χ1) is 8.31. The lowest BCUT2D eigenvalue weighted by atomic mass is 10.0. The molecule has 0 amide bonds. The van der Waals surface area contributed by atoms with Gasteiger partial charge in [0.1, 0.15) is 5.78 Å². The van der Waals surface area contributed by atoms with Crippen molar-refractivity contribution in [1.82, 2.24) is 0 Å². The van der Waals surface area contributed by atoms with Crippen molar-refractivity contribution in [2.24, 2.45) is 0 Å². The van der Waals surface area contributed by atoms with Crippen LogP contribution in [0.25, 0.3) is 0 Å². The van der Waals surface area contributed by atoms with Gasteiger partial charge in [-0.3, -0.25) is 4.79 Å². The van der Waals surface area contributed by atoms with Crippen molar-refractivity contribution in [3.8, 4) is 0 Å². The second kappa shape index (κ2) is 13.5. The lowest BCUT2D eigenvalue weighted by Gasteiger charge is -2.01. The van der Waals surface area contributed by atoms with Gasteiger partial charge in [-0.15, -0.1) is 6.58 Å². The largest absolute Gasteiger partial charge is 0.300 e. The van der Waals surface area contributed by atoms with Crippen LogP contribution in [0.1, 0.15) is 84.0 Å². The molecular formula is C16H30O. The Labute approximate surface area is 108 Å². The Bertz CT molecular complexity index is 184. The Hall–Kier alpha value is -0.590. The predicted octanol–water partition coefficient (Wildman–Crippen LogP) is 5.44. The molecule has 0 saturated carbocycles. The van der Waals surface area contributed by atoms with E-state index in [2.05, 4.69) is 13.5 Å². The van der Waals surface area contributed by atoms with Gasteiger partial charge in [-0.1, -0.05) is 51.5 Å². The average molecular weight is 238 g/mol. The van der Waals surface area contributed by atoms with Crippen molar-refractivity contribution < 1.29 is 4.79 Å². The summed E-state index contributed by atoms with van der Waals surface area (Å²) in [6.45, 7) is 5.93. The molecule has 0 aliphatic rings. The number of unbranched alkanes of at least 4 members (excludes halogenated alkanes) is 8. The zero-order valence-electron chi connectivity index (χ0n) is 11.7. The summed E-state index contributed by atoms with van der Waals surface area (Å²) in [7, 11) is 0.